The number of β-amino-alcohol motifs (C(OH)–C–C–N with tert-alkyl or cyclic N) is 1. The first-order chi connectivity index (χ1) is 17.0. The van der Waals surface area contributed by atoms with E-state index < -0.39 is 0 Å². The average Bonchev–Trinajstić information content (AvgIpc) is 2.88. The lowest BCUT2D eigenvalue weighted by atomic mass is 9.90. The van der Waals surface area contributed by atoms with Gasteiger partial charge >= 0.3 is 0 Å². The van der Waals surface area contributed by atoms with E-state index in [2.05, 4.69) is 63.8 Å². The molecule has 7 nitrogen and oxygen atoms in total. The maximum Gasteiger partial charge on any atom is 0.260 e. The van der Waals surface area contributed by atoms with Gasteiger partial charge in [0.1, 0.15) is 5.75 Å². The third-order valence-corrected chi connectivity index (χ3v) is 7.21. The summed E-state index contributed by atoms with van der Waals surface area (Å²) in [5.41, 5.74) is 4.46. The molecule has 4 rings (SSSR count). The lowest BCUT2D eigenvalue weighted by molar-refractivity contribution is -0.135. The highest BCUT2D eigenvalue weighted by Crippen LogP contribution is 2.33. The molecule has 0 radical (unpaired) electrons. The van der Waals surface area contributed by atoms with Crippen LogP contribution in [0.1, 0.15) is 42.6 Å². The van der Waals surface area contributed by atoms with Crippen molar-refractivity contribution in [3.05, 3.63) is 65.2 Å². The molecule has 1 aliphatic heterocycles. The maximum atomic E-state index is 12.5. The first kappa shape index (κ1) is 25.9. The van der Waals surface area contributed by atoms with Crippen LogP contribution in [0.15, 0.2) is 53.7 Å². The molecule has 0 aromatic heterocycles. The fourth-order valence-corrected chi connectivity index (χ4v) is 5.09. The molecule has 2 aromatic rings. The molecule has 1 aliphatic carbocycles. The number of carbonyl (C=O) groups is 1. The Hall–Kier alpha value is -2.17. The Bertz CT molecular complexity index is 1000. The first-order valence-corrected chi connectivity index (χ1v) is 13.6. The van der Waals surface area contributed by atoms with Crippen LogP contribution in [0.5, 0.6) is 5.75 Å². The quantitative estimate of drug-likeness (QED) is 0.208. The van der Waals surface area contributed by atoms with Gasteiger partial charge in [0.25, 0.3) is 5.91 Å². The summed E-state index contributed by atoms with van der Waals surface area (Å²) in [7, 11) is 0. The Balaban J connectivity index is 1.33. The van der Waals surface area contributed by atoms with Gasteiger partial charge in [0.15, 0.2) is 12.7 Å². The molecule has 2 aromatic carbocycles. The first-order valence-electron chi connectivity index (χ1n) is 12.3. The number of fused-ring (bicyclic) bond motifs is 1. The van der Waals surface area contributed by atoms with Gasteiger partial charge in [0, 0.05) is 38.3 Å². The van der Waals surface area contributed by atoms with Crippen LogP contribution >= 0.6 is 22.6 Å². The van der Waals surface area contributed by atoms with Gasteiger partial charge in [0.05, 0.1) is 16.2 Å². The van der Waals surface area contributed by atoms with Gasteiger partial charge in [-0.25, -0.2) is 0 Å². The Morgan fingerprint density at radius 3 is 2.60 bits per heavy atom. The van der Waals surface area contributed by atoms with Crippen LogP contribution in [-0.2, 0) is 16.1 Å². The Morgan fingerprint density at radius 1 is 1.14 bits per heavy atom. The minimum atomic E-state index is -0.0120. The fourth-order valence-electron chi connectivity index (χ4n) is 4.61. The third kappa shape index (κ3) is 6.95. The second kappa shape index (κ2) is 12.7. The van der Waals surface area contributed by atoms with Gasteiger partial charge in [-0.1, -0.05) is 52.0 Å². The molecule has 2 atom stereocenters. The molecular weight excluding hydrogens is 557 g/mol. The van der Waals surface area contributed by atoms with Gasteiger partial charge in [-0.15, -0.1) is 0 Å². The number of ether oxygens (including phenoxy) is 1. The van der Waals surface area contributed by atoms with Crippen molar-refractivity contribution in [3.8, 4) is 5.75 Å². The van der Waals surface area contributed by atoms with Crippen molar-refractivity contribution in [2.45, 2.75) is 36.2 Å². The number of oxime groups is 1. The predicted octanol–water partition coefficient (Wildman–Crippen LogP) is 3.82. The summed E-state index contributed by atoms with van der Waals surface area (Å²) in [5, 5.41) is 13.6. The fraction of sp³-hybridized carbons (Fsp3) is 0.481. The molecule has 2 unspecified atom stereocenters. The lowest BCUT2D eigenvalue weighted by Crippen LogP contribution is -2.50. The average molecular weight is 591 g/mol. The molecule has 1 saturated heterocycles. The number of alkyl halides is 1. The summed E-state index contributed by atoms with van der Waals surface area (Å²) < 4.78 is 5.94. The minimum Gasteiger partial charge on any atom is -0.484 e. The summed E-state index contributed by atoms with van der Waals surface area (Å²) in [6, 6.07) is 16.2. The number of aliphatic hydroxyl groups excluding tert-OH is 1. The van der Waals surface area contributed by atoms with Crippen LogP contribution in [0.3, 0.4) is 0 Å². The summed E-state index contributed by atoms with van der Waals surface area (Å²) in [6.45, 7) is 5.83. The van der Waals surface area contributed by atoms with E-state index in [1.165, 1.54) is 11.1 Å². The van der Waals surface area contributed by atoms with E-state index in [0.717, 1.165) is 43.6 Å². The molecule has 1 fully saturated rings. The van der Waals surface area contributed by atoms with E-state index in [1.807, 2.05) is 29.2 Å². The van der Waals surface area contributed by atoms with Gasteiger partial charge in [-0.05, 0) is 61.6 Å². The SMILES string of the molecule is CC(I)C(=NOC1CCCc2ccccc21)c1ccc(OCC(=O)N2CCN(CCO)CC2)cc1. The number of hydrogen-bond donors (Lipinski definition) is 1. The van der Waals surface area contributed by atoms with E-state index >= 15 is 0 Å². The number of benzene rings is 2. The number of hydrogen-bond acceptors (Lipinski definition) is 6. The van der Waals surface area contributed by atoms with Crippen LogP contribution in [0.4, 0.5) is 0 Å². The van der Waals surface area contributed by atoms with E-state index in [-0.39, 0.29) is 29.1 Å². The number of rotatable bonds is 9. The van der Waals surface area contributed by atoms with Crippen LogP contribution in [-0.4, -0.2) is 76.4 Å². The molecule has 1 heterocycles. The van der Waals surface area contributed by atoms with E-state index in [0.29, 0.717) is 25.4 Å². The minimum absolute atomic E-state index is 0.00998. The molecule has 2 aliphatic rings. The molecule has 0 spiro atoms. The number of piperazine rings is 1. The number of aliphatic hydroxyl groups is 1. The normalized spacial score (nSPS) is 19.7. The molecule has 0 saturated carbocycles. The molecule has 188 valence electrons. The number of aryl methyl sites for hydroxylation is 1. The summed E-state index contributed by atoms with van der Waals surface area (Å²) >= 11 is 2.36. The van der Waals surface area contributed by atoms with Crippen LogP contribution in [0, 0.1) is 0 Å². The van der Waals surface area contributed by atoms with Crippen molar-refractivity contribution in [1.82, 2.24) is 9.80 Å². The zero-order valence-electron chi connectivity index (χ0n) is 20.2. The Labute approximate surface area is 221 Å². The van der Waals surface area contributed by atoms with Gasteiger partial charge in [-0.3, -0.25) is 9.69 Å². The van der Waals surface area contributed by atoms with E-state index in [9.17, 15) is 4.79 Å². The van der Waals surface area contributed by atoms with Crippen molar-refractivity contribution in [2.24, 2.45) is 5.16 Å². The highest BCUT2D eigenvalue weighted by Gasteiger charge is 2.23. The topological polar surface area (TPSA) is 74.6 Å². The standard InChI is InChI=1S/C27H34IN3O4/c1-20(28)27(29-35-25-8-4-6-21-5-2-3-7-24(21)25)22-9-11-23(12-10-22)34-19-26(33)31-15-13-30(14-16-31)17-18-32/h2-3,5,7,9-12,20,25,32H,4,6,8,13-19H2,1H3. The zero-order chi connectivity index (χ0) is 24.6. The number of amides is 1. The third-order valence-electron chi connectivity index (χ3n) is 6.62. The summed E-state index contributed by atoms with van der Waals surface area (Å²) in [5.74, 6) is 0.644. The molecule has 35 heavy (non-hydrogen) atoms. The second-order valence-corrected chi connectivity index (χ2v) is 10.9. The van der Waals surface area contributed by atoms with Crippen molar-refractivity contribution >= 4 is 34.2 Å². The Kier molecular flexibility index (Phi) is 9.39. The Morgan fingerprint density at radius 2 is 1.89 bits per heavy atom. The summed E-state index contributed by atoms with van der Waals surface area (Å²) in [4.78, 5) is 22.6. The van der Waals surface area contributed by atoms with Gasteiger partial charge < -0.3 is 19.6 Å². The lowest BCUT2D eigenvalue weighted by Gasteiger charge is -2.34. The highest BCUT2D eigenvalue weighted by atomic mass is 127. The van der Waals surface area contributed by atoms with E-state index in [1.54, 1.807) is 0 Å². The van der Waals surface area contributed by atoms with Crippen molar-refractivity contribution in [2.75, 3.05) is 45.9 Å². The molecule has 1 N–H and O–H groups in total. The molecule has 0 bridgehead atoms. The molecule has 8 heteroatoms. The zero-order valence-corrected chi connectivity index (χ0v) is 22.4. The van der Waals surface area contributed by atoms with Crippen molar-refractivity contribution in [3.63, 3.8) is 0 Å². The van der Waals surface area contributed by atoms with Crippen LogP contribution in [0.25, 0.3) is 0 Å². The monoisotopic (exact) mass is 591 g/mol. The van der Waals surface area contributed by atoms with Gasteiger partial charge in [-0.2, -0.15) is 0 Å². The largest absolute Gasteiger partial charge is 0.484 e. The van der Waals surface area contributed by atoms with Crippen LogP contribution < -0.4 is 4.74 Å². The van der Waals surface area contributed by atoms with Crippen LogP contribution in [0.2, 0.25) is 0 Å². The highest BCUT2D eigenvalue weighted by molar-refractivity contribution is 14.1. The predicted molar refractivity (Wildman–Crippen MR) is 145 cm³/mol. The summed E-state index contributed by atoms with van der Waals surface area (Å²) in [6.07, 6.45) is 3.17. The number of nitrogens with zero attached hydrogens (tertiary/aromatic N) is 3. The van der Waals surface area contributed by atoms with Crippen molar-refractivity contribution < 1.29 is 19.5 Å². The van der Waals surface area contributed by atoms with Gasteiger partial charge in [0.2, 0.25) is 0 Å². The maximum absolute atomic E-state index is 12.5. The van der Waals surface area contributed by atoms with E-state index in [4.69, 9.17) is 14.7 Å². The second-order valence-electron chi connectivity index (χ2n) is 9.04. The number of halogens is 1. The molecular formula is C27H34IN3O4. The smallest absolute Gasteiger partial charge is 0.260 e. The molecule has 1 amide bonds. The number of carbonyl (C=O) groups excluding carboxylic acids is 1. The van der Waals surface area contributed by atoms with Crippen molar-refractivity contribution in [1.29, 1.82) is 0 Å².